The van der Waals surface area contributed by atoms with Crippen molar-refractivity contribution in [3.8, 4) is 11.5 Å². The number of hydrogen-bond acceptors (Lipinski definition) is 3. The predicted octanol–water partition coefficient (Wildman–Crippen LogP) is 5.94. The lowest BCUT2D eigenvalue weighted by Gasteiger charge is -2.11. The quantitative estimate of drug-likeness (QED) is 0.576. The highest BCUT2D eigenvalue weighted by Crippen LogP contribution is 2.30. The zero-order valence-corrected chi connectivity index (χ0v) is 16.6. The van der Waals surface area contributed by atoms with Gasteiger partial charge in [0.25, 0.3) is 0 Å². The second-order valence-corrected chi connectivity index (χ2v) is 5.18. The van der Waals surface area contributed by atoms with Gasteiger partial charge in [-0.25, -0.2) is 4.98 Å². The Morgan fingerprint density at radius 3 is 2.44 bits per heavy atom. The van der Waals surface area contributed by atoms with Crippen molar-refractivity contribution in [1.82, 2.24) is 9.38 Å². The average Bonchev–Trinajstić information content (AvgIpc) is 3.13. The topological polar surface area (TPSA) is 35.8 Å². The zero-order valence-electron chi connectivity index (χ0n) is 15.8. The summed E-state index contributed by atoms with van der Waals surface area (Å²) >= 11 is 5.94. The molecule has 0 fully saturated rings. The van der Waals surface area contributed by atoms with E-state index >= 15 is 0 Å². The van der Waals surface area contributed by atoms with Crippen molar-refractivity contribution in [3.63, 3.8) is 0 Å². The van der Waals surface area contributed by atoms with Crippen LogP contribution in [0.1, 0.15) is 39.0 Å². The number of ether oxygens (including phenoxy) is 2. The monoisotopic (exact) mass is 362 g/mol. The van der Waals surface area contributed by atoms with Gasteiger partial charge in [-0.1, -0.05) is 39.3 Å². The highest BCUT2D eigenvalue weighted by molar-refractivity contribution is 6.30. The molecule has 0 N–H and O–H groups in total. The van der Waals surface area contributed by atoms with Crippen molar-refractivity contribution >= 4 is 17.2 Å². The molecule has 0 bridgehead atoms. The van der Waals surface area contributed by atoms with E-state index in [0.717, 1.165) is 16.9 Å². The van der Waals surface area contributed by atoms with E-state index in [0.29, 0.717) is 23.1 Å². The van der Waals surface area contributed by atoms with E-state index in [-0.39, 0.29) is 0 Å². The summed E-state index contributed by atoms with van der Waals surface area (Å²) in [6.07, 6.45) is 3.73. The van der Waals surface area contributed by atoms with Gasteiger partial charge in [-0.2, -0.15) is 0 Å². The first-order valence-electron chi connectivity index (χ1n) is 8.56. The zero-order chi connectivity index (χ0) is 18.8. The van der Waals surface area contributed by atoms with Crippen LogP contribution in [-0.4, -0.2) is 16.5 Å². The molecule has 4 nitrogen and oxygen atoms in total. The fourth-order valence-corrected chi connectivity index (χ4v) is 2.43. The number of aromatic nitrogens is 2. The molecule has 1 aromatic carbocycles. The van der Waals surface area contributed by atoms with E-state index in [1.165, 1.54) is 0 Å². The largest absolute Gasteiger partial charge is 0.493 e. The Bertz CT molecular complexity index is 784. The van der Waals surface area contributed by atoms with E-state index in [9.17, 15) is 0 Å². The van der Waals surface area contributed by atoms with Crippen molar-refractivity contribution in [3.05, 3.63) is 59.0 Å². The van der Waals surface area contributed by atoms with E-state index in [4.69, 9.17) is 21.1 Å². The van der Waals surface area contributed by atoms with Gasteiger partial charge in [0.05, 0.1) is 7.11 Å². The number of hydrogen-bond donors (Lipinski definition) is 0. The molecular weight excluding hydrogens is 336 g/mol. The number of fused-ring (bicyclic) bond motifs is 1. The third kappa shape index (κ3) is 5.40. The SMILES string of the molecule is CC.CC.COc1cc(Cl)ccc1OCc1cc(C)n2ccnc2c1. The molecule has 0 amide bonds. The molecule has 0 unspecified atom stereocenters. The van der Waals surface area contributed by atoms with Crippen molar-refractivity contribution < 1.29 is 9.47 Å². The summed E-state index contributed by atoms with van der Waals surface area (Å²) in [5.74, 6) is 1.30. The molecule has 0 radical (unpaired) electrons. The molecule has 0 atom stereocenters. The fraction of sp³-hybridized carbons (Fsp3) is 0.350. The molecule has 0 saturated heterocycles. The van der Waals surface area contributed by atoms with Crippen LogP contribution in [0.4, 0.5) is 0 Å². The van der Waals surface area contributed by atoms with Crippen molar-refractivity contribution in [1.29, 1.82) is 0 Å². The summed E-state index contributed by atoms with van der Waals surface area (Å²) in [6, 6.07) is 9.41. The lowest BCUT2D eigenvalue weighted by molar-refractivity contribution is 0.284. The number of benzene rings is 1. The smallest absolute Gasteiger partial charge is 0.162 e. The predicted molar refractivity (Wildman–Crippen MR) is 105 cm³/mol. The molecule has 25 heavy (non-hydrogen) atoms. The molecule has 0 saturated carbocycles. The van der Waals surface area contributed by atoms with Crippen LogP contribution in [-0.2, 0) is 6.61 Å². The van der Waals surface area contributed by atoms with Crippen molar-refractivity contribution in [2.45, 2.75) is 41.2 Å². The summed E-state index contributed by atoms with van der Waals surface area (Å²) < 4.78 is 13.1. The molecule has 0 aliphatic rings. The molecule has 3 rings (SSSR count). The maximum atomic E-state index is 5.94. The highest BCUT2D eigenvalue weighted by Gasteiger charge is 2.07. The van der Waals surface area contributed by atoms with Gasteiger partial charge < -0.3 is 13.9 Å². The summed E-state index contributed by atoms with van der Waals surface area (Å²) in [5.41, 5.74) is 3.09. The average molecular weight is 363 g/mol. The van der Waals surface area contributed by atoms with Crippen LogP contribution >= 0.6 is 11.6 Å². The first-order chi connectivity index (χ1) is 12.2. The Balaban J connectivity index is 0.000000730. The lowest BCUT2D eigenvalue weighted by Crippen LogP contribution is -2.00. The molecule has 3 aromatic rings. The van der Waals surface area contributed by atoms with E-state index in [2.05, 4.69) is 11.1 Å². The van der Waals surface area contributed by atoms with Gasteiger partial charge in [-0.05, 0) is 36.8 Å². The van der Waals surface area contributed by atoms with Crippen LogP contribution in [0.3, 0.4) is 0 Å². The Morgan fingerprint density at radius 1 is 1.04 bits per heavy atom. The number of nitrogens with zero attached hydrogens (tertiary/aromatic N) is 2. The summed E-state index contributed by atoms with van der Waals surface area (Å²) in [6.45, 7) is 10.5. The highest BCUT2D eigenvalue weighted by atomic mass is 35.5. The van der Waals surface area contributed by atoms with Crippen molar-refractivity contribution in [2.75, 3.05) is 7.11 Å². The molecule has 0 aliphatic heterocycles. The first-order valence-corrected chi connectivity index (χ1v) is 8.94. The molecule has 2 heterocycles. The van der Waals surface area contributed by atoms with E-state index < -0.39 is 0 Å². The number of imidazole rings is 1. The standard InChI is InChI=1S/C16H15ClN2O2.2C2H6/c1-11-7-12(8-16-18-5-6-19(11)16)10-21-14-4-3-13(17)9-15(14)20-2;2*1-2/h3-9H,10H2,1-2H3;2*1-2H3. The molecule has 2 aromatic heterocycles. The van der Waals surface area contributed by atoms with Gasteiger partial charge >= 0.3 is 0 Å². The first kappa shape index (κ1) is 20.8. The van der Waals surface area contributed by atoms with Gasteiger partial charge in [-0.3, -0.25) is 0 Å². The number of methoxy groups -OCH3 is 1. The van der Waals surface area contributed by atoms with Crippen LogP contribution in [0.5, 0.6) is 11.5 Å². The minimum atomic E-state index is 0.447. The number of halogens is 1. The van der Waals surface area contributed by atoms with Gasteiger partial charge in [0.2, 0.25) is 0 Å². The maximum Gasteiger partial charge on any atom is 0.162 e. The summed E-state index contributed by atoms with van der Waals surface area (Å²) in [7, 11) is 1.60. The molecule has 0 spiro atoms. The van der Waals surface area contributed by atoms with Crippen LogP contribution in [0.25, 0.3) is 5.65 Å². The van der Waals surface area contributed by atoms with Gasteiger partial charge in [0, 0.05) is 29.2 Å². The number of rotatable bonds is 4. The Labute approximate surface area is 155 Å². The van der Waals surface area contributed by atoms with Gasteiger partial charge in [-0.15, -0.1) is 0 Å². The van der Waals surface area contributed by atoms with Crippen LogP contribution in [0.2, 0.25) is 5.02 Å². The fourth-order valence-electron chi connectivity index (χ4n) is 2.27. The maximum absolute atomic E-state index is 5.94. The lowest BCUT2D eigenvalue weighted by atomic mass is 10.2. The number of aryl methyl sites for hydroxylation is 1. The second-order valence-electron chi connectivity index (χ2n) is 4.74. The van der Waals surface area contributed by atoms with Gasteiger partial charge in [0.1, 0.15) is 12.3 Å². The summed E-state index contributed by atoms with van der Waals surface area (Å²) in [5, 5.41) is 0.619. The minimum Gasteiger partial charge on any atom is -0.493 e. The summed E-state index contributed by atoms with van der Waals surface area (Å²) in [4.78, 5) is 4.31. The number of pyridine rings is 1. The van der Waals surface area contributed by atoms with Crippen LogP contribution in [0.15, 0.2) is 42.7 Å². The van der Waals surface area contributed by atoms with Gasteiger partial charge in [0.15, 0.2) is 11.5 Å². The molecule has 0 aliphatic carbocycles. The third-order valence-electron chi connectivity index (χ3n) is 3.28. The second kappa shape index (κ2) is 10.6. The van der Waals surface area contributed by atoms with Crippen molar-refractivity contribution in [2.24, 2.45) is 0 Å². The minimum absolute atomic E-state index is 0.447. The Morgan fingerprint density at radius 2 is 1.76 bits per heavy atom. The molecule has 5 heteroatoms. The normalized spacial score (nSPS) is 9.56. The Hall–Kier alpha value is -2.20. The van der Waals surface area contributed by atoms with E-state index in [1.54, 1.807) is 25.4 Å². The Kier molecular flexibility index (Phi) is 8.86. The van der Waals surface area contributed by atoms with Crippen LogP contribution < -0.4 is 9.47 Å². The third-order valence-corrected chi connectivity index (χ3v) is 3.51. The van der Waals surface area contributed by atoms with E-state index in [1.807, 2.05) is 57.3 Å². The van der Waals surface area contributed by atoms with Crippen LogP contribution in [0, 0.1) is 6.92 Å². The molecule has 136 valence electrons. The molecular formula is C20H27ClN2O2.